The summed E-state index contributed by atoms with van der Waals surface area (Å²) in [4.78, 5) is 8.92. The standard InChI is InChI=1S/C16H24N6S/c1-6-22-13(7-12(20-22)16(3,4)5)19-15-17-8-14(23-15)21-9-11(2)18-10-21/h7,9-10,14H,6,8H2,1-5H3,(H,17,19). The Morgan fingerprint density at radius 3 is 2.78 bits per heavy atom. The van der Waals surface area contributed by atoms with Gasteiger partial charge in [0, 0.05) is 24.2 Å². The molecule has 0 fully saturated rings. The molecule has 0 amide bonds. The number of amidine groups is 1. The van der Waals surface area contributed by atoms with Gasteiger partial charge >= 0.3 is 0 Å². The van der Waals surface area contributed by atoms with Crippen LogP contribution in [0.15, 0.2) is 23.6 Å². The molecule has 6 nitrogen and oxygen atoms in total. The van der Waals surface area contributed by atoms with E-state index in [9.17, 15) is 0 Å². The van der Waals surface area contributed by atoms with Gasteiger partial charge in [-0.2, -0.15) is 5.10 Å². The van der Waals surface area contributed by atoms with Crippen LogP contribution in [0.25, 0.3) is 0 Å². The number of anilines is 1. The molecule has 0 saturated carbocycles. The van der Waals surface area contributed by atoms with E-state index < -0.39 is 0 Å². The van der Waals surface area contributed by atoms with Gasteiger partial charge in [-0.1, -0.05) is 32.5 Å². The monoisotopic (exact) mass is 332 g/mol. The second-order valence-corrected chi connectivity index (χ2v) is 7.95. The van der Waals surface area contributed by atoms with Crippen molar-refractivity contribution in [3.63, 3.8) is 0 Å². The van der Waals surface area contributed by atoms with Gasteiger partial charge in [0.05, 0.1) is 24.3 Å². The molecule has 0 spiro atoms. The van der Waals surface area contributed by atoms with Crippen molar-refractivity contribution in [2.24, 2.45) is 4.99 Å². The Hall–Kier alpha value is -1.76. The van der Waals surface area contributed by atoms with E-state index in [1.165, 1.54) is 0 Å². The van der Waals surface area contributed by atoms with Gasteiger partial charge in [-0.25, -0.2) is 9.67 Å². The minimum atomic E-state index is 0.0400. The minimum Gasteiger partial charge on any atom is -0.322 e. The molecule has 1 aliphatic heterocycles. The van der Waals surface area contributed by atoms with Gasteiger partial charge in [0.15, 0.2) is 5.17 Å². The van der Waals surface area contributed by atoms with Crippen molar-refractivity contribution in [1.82, 2.24) is 19.3 Å². The van der Waals surface area contributed by atoms with Crippen molar-refractivity contribution < 1.29 is 0 Å². The molecule has 1 aliphatic rings. The number of hydrogen-bond acceptors (Lipinski definition) is 5. The fourth-order valence-electron chi connectivity index (χ4n) is 2.42. The van der Waals surface area contributed by atoms with Gasteiger partial charge in [-0.15, -0.1) is 0 Å². The van der Waals surface area contributed by atoms with Crippen LogP contribution in [-0.4, -0.2) is 31.0 Å². The summed E-state index contributed by atoms with van der Waals surface area (Å²) >= 11 is 1.73. The smallest absolute Gasteiger partial charge is 0.164 e. The molecule has 23 heavy (non-hydrogen) atoms. The quantitative estimate of drug-likeness (QED) is 0.935. The molecule has 0 saturated heterocycles. The van der Waals surface area contributed by atoms with Crippen molar-refractivity contribution in [3.8, 4) is 0 Å². The first-order valence-electron chi connectivity index (χ1n) is 7.93. The number of thioether (sulfide) groups is 1. The first-order chi connectivity index (χ1) is 10.9. The maximum atomic E-state index is 4.70. The maximum absolute atomic E-state index is 4.70. The van der Waals surface area contributed by atoms with Crippen LogP contribution in [0, 0.1) is 6.92 Å². The molecule has 7 heteroatoms. The molecule has 0 aromatic carbocycles. The molecule has 1 N–H and O–H groups in total. The highest BCUT2D eigenvalue weighted by Gasteiger charge is 2.24. The molecule has 3 rings (SSSR count). The Bertz CT molecular complexity index is 721. The summed E-state index contributed by atoms with van der Waals surface area (Å²) < 4.78 is 4.12. The van der Waals surface area contributed by atoms with Gasteiger partial charge in [-0.3, -0.25) is 4.99 Å². The van der Waals surface area contributed by atoms with Crippen molar-refractivity contribution in [2.75, 3.05) is 11.9 Å². The number of rotatable bonds is 3. The van der Waals surface area contributed by atoms with Gasteiger partial charge in [0.2, 0.25) is 0 Å². The Morgan fingerprint density at radius 2 is 2.17 bits per heavy atom. The van der Waals surface area contributed by atoms with E-state index in [-0.39, 0.29) is 10.8 Å². The van der Waals surface area contributed by atoms with E-state index in [1.807, 2.05) is 17.9 Å². The number of nitrogens with zero attached hydrogens (tertiary/aromatic N) is 5. The van der Waals surface area contributed by atoms with Crippen LogP contribution in [0.1, 0.15) is 44.5 Å². The maximum Gasteiger partial charge on any atom is 0.164 e. The Kier molecular flexibility index (Phi) is 4.23. The van der Waals surface area contributed by atoms with Crippen LogP contribution >= 0.6 is 11.8 Å². The summed E-state index contributed by atoms with van der Waals surface area (Å²) in [5.41, 5.74) is 2.16. The largest absolute Gasteiger partial charge is 0.322 e. The van der Waals surface area contributed by atoms with Gasteiger partial charge < -0.3 is 9.88 Å². The lowest BCUT2D eigenvalue weighted by Gasteiger charge is -2.13. The molecule has 3 heterocycles. The summed E-state index contributed by atoms with van der Waals surface area (Å²) in [7, 11) is 0. The van der Waals surface area contributed by atoms with Crippen LogP contribution < -0.4 is 5.32 Å². The van der Waals surface area contributed by atoms with Gasteiger partial charge in [0.25, 0.3) is 0 Å². The molecule has 2 aromatic heterocycles. The predicted molar refractivity (Wildman–Crippen MR) is 96.1 cm³/mol. The summed E-state index contributed by atoms with van der Waals surface area (Å²) in [5, 5.41) is 9.35. The van der Waals surface area contributed by atoms with E-state index in [4.69, 9.17) is 5.10 Å². The third-order valence-electron chi connectivity index (χ3n) is 3.78. The lowest BCUT2D eigenvalue weighted by Crippen LogP contribution is -2.13. The Balaban J connectivity index is 1.72. The average molecular weight is 332 g/mol. The van der Waals surface area contributed by atoms with E-state index in [2.05, 4.69) is 59.8 Å². The summed E-state index contributed by atoms with van der Waals surface area (Å²) in [6, 6.07) is 2.13. The third-order valence-corrected chi connectivity index (χ3v) is 4.90. The number of aryl methyl sites for hydroxylation is 2. The minimum absolute atomic E-state index is 0.0400. The number of imidazole rings is 1. The number of aliphatic imine (C=N–C) groups is 1. The van der Waals surface area contributed by atoms with E-state index >= 15 is 0 Å². The molecule has 0 radical (unpaired) electrons. The van der Waals surface area contributed by atoms with E-state index in [0.717, 1.165) is 35.5 Å². The fourth-order valence-corrected chi connectivity index (χ4v) is 3.38. The number of aromatic nitrogens is 4. The predicted octanol–water partition coefficient (Wildman–Crippen LogP) is 3.42. The lowest BCUT2D eigenvalue weighted by atomic mass is 9.92. The number of nitrogens with one attached hydrogen (secondary N) is 1. The van der Waals surface area contributed by atoms with Crippen molar-refractivity contribution >= 4 is 22.7 Å². The SMILES string of the molecule is CCn1nc(C(C)(C)C)cc1NC1=NCC(n2cnc(C)c2)S1. The second-order valence-electron chi connectivity index (χ2n) is 6.79. The van der Waals surface area contributed by atoms with Crippen LogP contribution in [0.4, 0.5) is 5.82 Å². The van der Waals surface area contributed by atoms with Crippen molar-refractivity contribution in [1.29, 1.82) is 0 Å². The first-order valence-corrected chi connectivity index (χ1v) is 8.81. The summed E-state index contributed by atoms with van der Waals surface area (Å²) in [6.07, 6.45) is 3.93. The fraction of sp³-hybridized carbons (Fsp3) is 0.562. The molecular formula is C16H24N6S. The zero-order chi connectivity index (χ0) is 16.6. The average Bonchev–Trinajstić information content (AvgIpc) is 3.17. The highest BCUT2D eigenvalue weighted by atomic mass is 32.2. The lowest BCUT2D eigenvalue weighted by molar-refractivity contribution is 0.542. The van der Waals surface area contributed by atoms with Crippen LogP contribution in [0.2, 0.25) is 0 Å². The molecule has 0 aliphatic carbocycles. The third kappa shape index (κ3) is 3.44. The molecule has 1 unspecified atom stereocenters. The van der Waals surface area contributed by atoms with Crippen LogP contribution in [0.3, 0.4) is 0 Å². The number of hydrogen-bond donors (Lipinski definition) is 1. The van der Waals surface area contributed by atoms with Crippen LogP contribution in [0.5, 0.6) is 0 Å². The van der Waals surface area contributed by atoms with Gasteiger partial charge in [-0.05, 0) is 13.8 Å². The van der Waals surface area contributed by atoms with Gasteiger partial charge in [0.1, 0.15) is 11.2 Å². The molecule has 1 atom stereocenters. The highest BCUT2D eigenvalue weighted by molar-refractivity contribution is 8.14. The normalized spacial score (nSPS) is 18.3. The van der Waals surface area contributed by atoms with E-state index in [0.29, 0.717) is 0 Å². The van der Waals surface area contributed by atoms with E-state index in [1.54, 1.807) is 11.8 Å². The van der Waals surface area contributed by atoms with Crippen molar-refractivity contribution in [2.45, 2.75) is 52.0 Å². The molecular weight excluding hydrogens is 308 g/mol. The van der Waals surface area contributed by atoms with Crippen molar-refractivity contribution in [3.05, 3.63) is 30.0 Å². The highest BCUT2D eigenvalue weighted by Crippen LogP contribution is 2.32. The Labute approximate surface area is 141 Å². The zero-order valence-electron chi connectivity index (χ0n) is 14.4. The zero-order valence-corrected chi connectivity index (χ0v) is 15.2. The summed E-state index contributed by atoms with van der Waals surface area (Å²) in [5.74, 6) is 1.01. The first kappa shape index (κ1) is 16.1. The van der Waals surface area contributed by atoms with Crippen LogP contribution in [-0.2, 0) is 12.0 Å². The Morgan fingerprint density at radius 1 is 1.39 bits per heavy atom. The summed E-state index contributed by atoms with van der Waals surface area (Å²) in [6.45, 7) is 12.2. The second kappa shape index (κ2) is 6.03. The topological polar surface area (TPSA) is 60.0 Å². The molecule has 124 valence electrons. The molecule has 0 bridgehead atoms. The molecule has 2 aromatic rings.